The molecular weight excluding hydrogens is 336 g/mol. The third-order valence-corrected chi connectivity index (χ3v) is 6.08. The van der Waals surface area contributed by atoms with Crippen molar-refractivity contribution in [3.05, 3.63) is 29.8 Å². The number of nitrogens with zero attached hydrogens (tertiary/aromatic N) is 1. The van der Waals surface area contributed by atoms with Gasteiger partial charge in [-0.15, -0.1) is 0 Å². The summed E-state index contributed by atoms with van der Waals surface area (Å²) in [6.07, 6.45) is 1.11. The maximum Gasteiger partial charge on any atom is 0.241 e. The van der Waals surface area contributed by atoms with Gasteiger partial charge in [-0.2, -0.15) is 0 Å². The molecule has 0 saturated carbocycles. The van der Waals surface area contributed by atoms with Crippen molar-refractivity contribution in [2.75, 3.05) is 19.6 Å². The molecule has 0 spiro atoms. The average molecular weight is 367 g/mol. The number of sulfonamides is 1. The molecule has 1 aromatic carbocycles. The van der Waals surface area contributed by atoms with E-state index in [9.17, 15) is 13.2 Å². The highest BCUT2D eigenvalue weighted by molar-refractivity contribution is 7.89. The van der Waals surface area contributed by atoms with Crippen LogP contribution >= 0.6 is 0 Å². The van der Waals surface area contributed by atoms with Crippen LogP contribution in [0.25, 0.3) is 0 Å². The van der Waals surface area contributed by atoms with Gasteiger partial charge < -0.3 is 4.90 Å². The van der Waals surface area contributed by atoms with Crippen LogP contribution in [0.2, 0.25) is 0 Å². The summed E-state index contributed by atoms with van der Waals surface area (Å²) in [5.41, 5.74) is 1.03. The van der Waals surface area contributed by atoms with Gasteiger partial charge in [0.15, 0.2) is 0 Å². The summed E-state index contributed by atoms with van der Waals surface area (Å²) in [5.74, 6) is 0.747. The highest BCUT2D eigenvalue weighted by Crippen LogP contribution is 2.23. The number of benzene rings is 1. The van der Waals surface area contributed by atoms with Gasteiger partial charge in [0.25, 0.3) is 0 Å². The molecule has 0 bridgehead atoms. The van der Waals surface area contributed by atoms with Gasteiger partial charge in [-0.1, -0.05) is 46.8 Å². The molecule has 2 atom stereocenters. The molecule has 1 aliphatic heterocycles. The summed E-state index contributed by atoms with van der Waals surface area (Å²) in [6, 6.07) is 6.84. The van der Waals surface area contributed by atoms with E-state index < -0.39 is 10.0 Å². The second-order valence-electron chi connectivity index (χ2n) is 8.34. The summed E-state index contributed by atoms with van der Waals surface area (Å²) in [4.78, 5) is 14.3. The van der Waals surface area contributed by atoms with Gasteiger partial charge in [0.2, 0.25) is 15.9 Å². The zero-order valence-electron chi connectivity index (χ0n) is 15.9. The fourth-order valence-electron chi connectivity index (χ4n) is 3.35. The van der Waals surface area contributed by atoms with Gasteiger partial charge in [-0.25, -0.2) is 13.1 Å². The van der Waals surface area contributed by atoms with Crippen molar-refractivity contribution in [2.45, 2.75) is 51.3 Å². The van der Waals surface area contributed by atoms with E-state index in [0.717, 1.165) is 12.0 Å². The smallest absolute Gasteiger partial charge is 0.241 e. The minimum absolute atomic E-state index is 0.0344. The zero-order chi connectivity index (χ0) is 18.8. The molecule has 1 fully saturated rings. The summed E-state index contributed by atoms with van der Waals surface area (Å²) in [6.45, 7) is 11.7. The number of carbonyl (C=O) groups is 1. The first kappa shape index (κ1) is 19.9. The van der Waals surface area contributed by atoms with Crippen LogP contribution < -0.4 is 4.72 Å². The summed E-state index contributed by atoms with van der Waals surface area (Å²) < 4.78 is 27.3. The van der Waals surface area contributed by atoms with Gasteiger partial charge in [0, 0.05) is 13.1 Å². The van der Waals surface area contributed by atoms with Gasteiger partial charge in [-0.3, -0.25) is 4.79 Å². The van der Waals surface area contributed by atoms with Crippen molar-refractivity contribution in [2.24, 2.45) is 11.8 Å². The molecule has 0 radical (unpaired) electrons. The van der Waals surface area contributed by atoms with Crippen molar-refractivity contribution < 1.29 is 13.2 Å². The Morgan fingerprint density at radius 1 is 1.12 bits per heavy atom. The maximum absolute atomic E-state index is 12.4. The van der Waals surface area contributed by atoms with Gasteiger partial charge in [0.1, 0.15) is 0 Å². The molecule has 1 amide bonds. The van der Waals surface area contributed by atoms with E-state index in [1.165, 1.54) is 0 Å². The summed E-state index contributed by atoms with van der Waals surface area (Å²) >= 11 is 0. The predicted octanol–water partition coefficient (Wildman–Crippen LogP) is 2.77. The third-order valence-electron chi connectivity index (χ3n) is 4.67. The van der Waals surface area contributed by atoms with Crippen LogP contribution in [0.1, 0.15) is 46.6 Å². The molecule has 1 heterocycles. The minimum Gasteiger partial charge on any atom is -0.341 e. The van der Waals surface area contributed by atoms with Crippen LogP contribution in [0.5, 0.6) is 0 Å². The first-order valence-corrected chi connectivity index (χ1v) is 10.4. The van der Waals surface area contributed by atoms with E-state index in [4.69, 9.17) is 0 Å². The maximum atomic E-state index is 12.4. The quantitative estimate of drug-likeness (QED) is 0.891. The molecule has 1 saturated heterocycles. The van der Waals surface area contributed by atoms with E-state index in [0.29, 0.717) is 24.9 Å². The van der Waals surface area contributed by atoms with Crippen molar-refractivity contribution in [1.29, 1.82) is 0 Å². The number of hydrogen-bond donors (Lipinski definition) is 1. The Labute approximate surface area is 151 Å². The third kappa shape index (κ3) is 5.28. The fraction of sp³-hybridized carbons (Fsp3) is 0.632. The van der Waals surface area contributed by atoms with E-state index in [2.05, 4.69) is 39.3 Å². The number of carbonyl (C=O) groups excluding carboxylic acids is 1. The van der Waals surface area contributed by atoms with Gasteiger partial charge in [-0.05, 0) is 41.4 Å². The predicted molar refractivity (Wildman–Crippen MR) is 99.9 cm³/mol. The van der Waals surface area contributed by atoms with Gasteiger partial charge >= 0.3 is 0 Å². The molecule has 0 unspecified atom stereocenters. The lowest BCUT2D eigenvalue weighted by Crippen LogP contribution is -2.46. The Hall–Kier alpha value is -1.40. The Kier molecular flexibility index (Phi) is 5.94. The molecule has 25 heavy (non-hydrogen) atoms. The molecule has 5 nitrogen and oxygen atoms in total. The molecule has 6 heteroatoms. The topological polar surface area (TPSA) is 66.5 Å². The van der Waals surface area contributed by atoms with Crippen molar-refractivity contribution in [3.63, 3.8) is 0 Å². The molecule has 1 aliphatic rings. The number of rotatable bonds is 4. The average Bonchev–Trinajstić information content (AvgIpc) is 2.51. The molecule has 1 aromatic rings. The van der Waals surface area contributed by atoms with Crippen LogP contribution in [0.4, 0.5) is 0 Å². The Morgan fingerprint density at radius 3 is 2.12 bits per heavy atom. The monoisotopic (exact) mass is 366 g/mol. The van der Waals surface area contributed by atoms with Crippen molar-refractivity contribution in [1.82, 2.24) is 9.62 Å². The lowest BCUT2D eigenvalue weighted by molar-refractivity contribution is -0.132. The molecule has 2 rings (SSSR count). The van der Waals surface area contributed by atoms with E-state index in [1.807, 2.05) is 12.1 Å². The van der Waals surface area contributed by atoms with E-state index in [1.54, 1.807) is 17.0 Å². The largest absolute Gasteiger partial charge is 0.341 e. The number of likely N-dealkylation sites (tertiary alicyclic amines) is 1. The second kappa shape index (κ2) is 7.46. The zero-order valence-corrected chi connectivity index (χ0v) is 16.7. The molecule has 0 aliphatic carbocycles. The highest BCUT2D eigenvalue weighted by atomic mass is 32.2. The minimum atomic E-state index is -3.68. The lowest BCUT2D eigenvalue weighted by Gasteiger charge is -2.35. The van der Waals surface area contributed by atoms with Crippen LogP contribution in [0.3, 0.4) is 0 Å². The highest BCUT2D eigenvalue weighted by Gasteiger charge is 2.26. The number of piperidine rings is 1. The SMILES string of the molecule is C[C@@H]1C[C@@H](C)CN(C(=O)CNS(=O)(=O)c2ccc(C(C)(C)C)cc2)C1. The molecule has 0 aromatic heterocycles. The normalized spacial score (nSPS) is 22.0. The standard InChI is InChI=1S/C19H30N2O3S/c1-14-10-15(2)13-21(12-14)18(22)11-20-25(23,24)17-8-6-16(7-9-17)19(3,4)5/h6-9,14-15,20H,10-13H2,1-5H3/t14-,15-/m1/s1. The number of nitrogens with one attached hydrogen (secondary N) is 1. The van der Waals surface area contributed by atoms with E-state index >= 15 is 0 Å². The lowest BCUT2D eigenvalue weighted by atomic mass is 9.87. The van der Waals surface area contributed by atoms with E-state index in [-0.39, 0.29) is 22.8 Å². The van der Waals surface area contributed by atoms with Crippen molar-refractivity contribution >= 4 is 15.9 Å². The fourth-order valence-corrected chi connectivity index (χ4v) is 4.33. The second-order valence-corrected chi connectivity index (χ2v) is 10.1. The Bertz CT molecular complexity index is 695. The first-order chi connectivity index (χ1) is 11.5. The van der Waals surface area contributed by atoms with Crippen LogP contribution in [0.15, 0.2) is 29.2 Å². The molecule has 1 N–H and O–H groups in total. The number of hydrogen-bond acceptors (Lipinski definition) is 3. The van der Waals surface area contributed by atoms with Crippen LogP contribution in [-0.4, -0.2) is 38.9 Å². The van der Waals surface area contributed by atoms with Gasteiger partial charge in [0.05, 0.1) is 11.4 Å². The van der Waals surface area contributed by atoms with Crippen LogP contribution in [0, 0.1) is 11.8 Å². The molecule has 140 valence electrons. The first-order valence-electron chi connectivity index (χ1n) is 8.87. The Morgan fingerprint density at radius 2 is 1.64 bits per heavy atom. The molecular formula is C19H30N2O3S. The summed E-state index contributed by atoms with van der Waals surface area (Å²) in [7, 11) is -3.68. The van der Waals surface area contributed by atoms with Crippen molar-refractivity contribution in [3.8, 4) is 0 Å². The Balaban J connectivity index is 2.00. The summed E-state index contributed by atoms with van der Waals surface area (Å²) in [5, 5.41) is 0. The van der Waals surface area contributed by atoms with Crippen LogP contribution in [-0.2, 0) is 20.2 Å². The number of amides is 1.